The van der Waals surface area contributed by atoms with Crippen LogP contribution in [0.3, 0.4) is 0 Å². The number of halogens is 1. The molecule has 1 amide bonds. The standard InChI is InChI=1S/C22H31N5O3.HI/c1-23-22(27-13-11-26(12-14-27)21(28)20-8-6-16-30-20)24-17-18(19-7-5-15-29-19)25-9-3-2-4-10-25;/h5-8,15-16,18H,2-4,9-14,17H2,1H3,(H,23,24);1H. The van der Waals surface area contributed by atoms with E-state index in [0.29, 0.717) is 18.8 Å². The van der Waals surface area contributed by atoms with Crippen LogP contribution in [-0.4, -0.2) is 79.4 Å². The smallest absolute Gasteiger partial charge is 0.289 e. The quantitative estimate of drug-likeness (QED) is 0.357. The van der Waals surface area contributed by atoms with Crippen molar-refractivity contribution in [2.45, 2.75) is 25.3 Å². The number of piperazine rings is 1. The molecule has 0 bridgehead atoms. The second kappa shape index (κ2) is 11.6. The van der Waals surface area contributed by atoms with Gasteiger partial charge in [0, 0.05) is 39.8 Å². The summed E-state index contributed by atoms with van der Waals surface area (Å²) in [6, 6.07) is 7.66. The van der Waals surface area contributed by atoms with Crippen LogP contribution in [0.15, 0.2) is 50.6 Å². The van der Waals surface area contributed by atoms with E-state index in [4.69, 9.17) is 8.83 Å². The van der Waals surface area contributed by atoms with Crippen molar-refractivity contribution in [2.24, 2.45) is 4.99 Å². The molecule has 0 aliphatic carbocycles. The summed E-state index contributed by atoms with van der Waals surface area (Å²) in [5.74, 6) is 2.21. The summed E-state index contributed by atoms with van der Waals surface area (Å²) in [6.07, 6.45) is 7.05. The number of furan rings is 2. The summed E-state index contributed by atoms with van der Waals surface area (Å²) in [5.41, 5.74) is 0. The van der Waals surface area contributed by atoms with Gasteiger partial charge in [-0.3, -0.25) is 14.7 Å². The zero-order valence-electron chi connectivity index (χ0n) is 18.0. The van der Waals surface area contributed by atoms with Crippen LogP contribution in [0.4, 0.5) is 0 Å². The largest absolute Gasteiger partial charge is 0.468 e. The Morgan fingerprint density at radius 1 is 1.00 bits per heavy atom. The van der Waals surface area contributed by atoms with Crippen LogP contribution in [0, 0.1) is 0 Å². The number of hydrogen-bond acceptors (Lipinski definition) is 5. The van der Waals surface area contributed by atoms with Gasteiger partial charge < -0.3 is 24.0 Å². The van der Waals surface area contributed by atoms with E-state index in [1.165, 1.54) is 25.5 Å². The molecule has 2 saturated heterocycles. The molecule has 0 spiro atoms. The maximum Gasteiger partial charge on any atom is 0.289 e. The highest BCUT2D eigenvalue weighted by Crippen LogP contribution is 2.24. The topological polar surface area (TPSA) is 77.5 Å². The minimum Gasteiger partial charge on any atom is -0.468 e. The molecule has 4 rings (SSSR count). The number of likely N-dealkylation sites (tertiary alicyclic amines) is 1. The molecule has 0 saturated carbocycles. The number of guanidine groups is 1. The van der Waals surface area contributed by atoms with E-state index in [1.54, 1.807) is 18.4 Å². The predicted molar refractivity (Wildman–Crippen MR) is 130 cm³/mol. The van der Waals surface area contributed by atoms with Crippen LogP contribution in [0.5, 0.6) is 0 Å². The zero-order valence-corrected chi connectivity index (χ0v) is 20.4. The molecule has 2 aliphatic rings. The number of aliphatic imine (C=N–C) groups is 1. The SMILES string of the molecule is CN=C(NCC(c1ccco1)N1CCCCC1)N1CCN(C(=O)c2ccco2)CC1.I. The number of amides is 1. The highest BCUT2D eigenvalue weighted by Gasteiger charge is 2.28. The fourth-order valence-electron chi connectivity index (χ4n) is 4.32. The van der Waals surface area contributed by atoms with Crippen LogP contribution in [0.2, 0.25) is 0 Å². The van der Waals surface area contributed by atoms with Crippen molar-refractivity contribution in [2.75, 3.05) is 52.9 Å². The molecule has 9 heteroatoms. The van der Waals surface area contributed by atoms with Crippen molar-refractivity contribution in [3.05, 3.63) is 48.3 Å². The molecule has 1 unspecified atom stereocenters. The van der Waals surface area contributed by atoms with Gasteiger partial charge in [0.2, 0.25) is 0 Å². The summed E-state index contributed by atoms with van der Waals surface area (Å²) in [7, 11) is 1.81. The third-order valence-electron chi connectivity index (χ3n) is 5.97. The maximum absolute atomic E-state index is 12.5. The van der Waals surface area contributed by atoms with Crippen molar-refractivity contribution in [3.63, 3.8) is 0 Å². The Hall–Kier alpha value is -2.01. The van der Waals surface area contributed by atoms with Gasteiger partial charge in [0.15, 0.2) is 11.7 Å². The van der Waals surface area contributed by atoms with Gasteiger partial charge in [-0.25, -0.2) is 0 Å². The van der Waals surface area contributed by atoms with E-state index in [9.17, 15) is 4.79 Å². The van der Waals surface area contributed by atoms with Gasteiger partial charge >= 0.3 is 0 Å². The van der Waals surface area contributed by atoms with Crippen LogP contribution in [0.1, 0.15) is 41.6 Å². The van der Waals surface area contributed by atoms with Gasteiger partial charge in [0.1, 0.15) is 5.76 Å². The summed E-state index contributed by atoms with van der Waals surface area (Å²) in [5, 5.41) is 3.55. The van der Waals surface area contributed by atoms with Crippen LogP contribution in [-0.2, 0) is 0 Å². The van der Waals surface area contributed by atoms with Crippen LogP contribution < -0.4 is 5.32 Å². The number of nitrogens with one attached hydrogen (secondary N) is 1. The molecule has 2 fully saturated rings. The van der Waals surface area contributed by atoms with E-state index < -0.39 is 0 Å². The first kappa shape index (κ1) is 23.6. The van der Waals surface area contributed by atoms with Crippen molar-refractivity contribution in [1.29, 1.82) is 0 Å². The van der Waals surface area contributed by atoms with Crippen molar-refractivity contribution >= 4 is 35.8 Å². The van der Waals surface area contributed by atoms with Crippen molar-refractivity contribution < 1.29 is 13.6 Å². The highest BCUT2D eigenvalue weighted by molar-refractivity contribution is 14.0. The minimum absolute atomic E-state index is 0. The maximum atomic E-state index is 12.5. The van der Waals surface area contributed by atoms with Gasteiger partial charge in [-0.05, 0) is 50.2 Å². The average Bonchev–Trinajstić information content (AvgIpc) is 3.52. The molecule has 2 aromatic heterocycles. The lowest BCUT2D eigenvalue weighted by atomic mass is 10.1. The van der Waals surface area contributed by atoms with Gasteiger partial charge in [-0.1, -0.05) is 6.42 Å². The summed E-state index contributed by atoms with van der Waals surface area (Å²) in [6.45, 7) is 5.70. The molecule has 31 heavy (non-hydrogen) atoms. The Labute approximate surface area is 200 Å². The van der Waals surface area contributed by atoms with E-state index in [1.807, 2.05) is 18.0 Å². The molecule has 2 aromatic rings. The highest BCUT2D eigenvalue weighted by atomic mass is 127. The lowest BCUT2D eigenvalue weighted by Gasteiger charge is -2.37. The van der Waals surface area contributed by atoms with E-state index in [0.717, 1.165) is 44.4 Å². The first-order valence-electron chi connectivity index (χ1n) is 10.8. The molecule has 170 valence electrons. The molecule has 8 nitrogen and oxygen atoms in total. The first-order valence-corrected chi connectivity index (χ1v) is 10.8. The van der Waals surface area contributed by atoms with Crippen LogP contribution in [0.25, 0.3) is 0 Å². The predicted octanol–water partition coefficient (Wildman–Crippen LogP) is 3.05. The molecule has 4 heterocycles. The fraction of sp³-hybridized carbons (Fsp3) is 0.545. The van der Waals surface area contributed by atoms with Crippen molar-refractivity contribution in [1.82, 2.24) is 20.0 Å². The van der Waals surface area contributed by atoms with Gasteiger partial charge in [0.05, 0.1) is 18.6 Å². The lowest BCUT2D eigenvalue weighted by molar-refractivity contribution is 0.0657. The zero-order chi connectivity index (χ0) is 20.8. The van der Waals surface area contributed by atoms with E-state index in [2.05, 4.69) is 26.2 Å². The second-order valence-corrected chi connectivity index (χ2v) is 7.81. The summed E-state index contributed by atoms with van der Waals surface area (Å²) in [4.78, 5) is 23.5. The van der Waals surface area contributed by atoms with Crippen LogP contribution >= 0.6 is 24.0 Å². The lowest BCUT2D eigenvalue weighted by Crippen LogP contribution is -2.54. The normalized spacial score (nSPS) is 19.1. The molecule has 0 radical (unpaired) electrons. The van der Waals surface area contributed by atoms with Gasteiger partial charge in [0.25, 0.3) is 5.91 Å². The van der Waals surface area contributed by atoms with Crippen molar-refractivity contribution in [3.8, 4) is 0 Å². The average molecular weight is 541 g/mol. The number of rotatable bonds is 5. The Balaban J connectivity index is 0.00000272. The van der Waals surface area contributed by atoms with E-state index in [-0.39, 0.29) is 35.9 Å². The molecule has 0 aromatic carbocycles. The number of hydrogen-bond donors (Lipinski definition) is 1. The Kier molecular flexibility index (Phi) is 8.82. The van der Waals surface area contributed by atoms with E-state index >= 15 is 0 Å². The Morgan fingerprint density at radius 2 is 1.68 bits per heavy atom. The summed E-state index contributed by atoms with van der Waals surface area (Å²) < 4.78 is 11.0. The molecular formula is C22H32IN5O3. The third-order valence-corrected chi connectivity index (χ3v) is 5.97. The summed E-state index contributed by atoms with van der Waals surface area (Å²) >= 11 is 0. The number of carbonyl (C=O) groups is 1. The van der Waals surface area contributed by atoms with Gasteiger partial charge in [-0.2, -0.15) is 0 Å². The molecule has 2 aliphatic heterocycles. The monoisotopic (exact) mass is 541 g/mol. The second-order valence-electron chi connectivity index (χ2n) is 7.81. The molecule has 1 atom stereocenters. The molecule has 1 N–H and O–H groups in total. The fourth-order valence-corrected chi connectivity index (χ4v) is 4.32. The molecular weight excluding hydrogens is 509 g/mol. The van der Waals surface area contributed by atoms with Gasteiger partial charge in [-0.15, -0.1) is 24.0 Å². The first-order chi connectivity index (χ1) is 14.8. The number of piperidine rings is 1. The number of nitrogens with zero attached hydrogens (tertiary/aromatic N) is 4. The third kappa shape index (κ3) is 5.82. The Bertz CT molecular complexity index is 810. The minimum atomic E-state index is -0.0504. The Morgan fingerprint density at radius 3 is 2.29 bits per heavy atom. The number of carbonyl (C=O) groups excluding carboxylic acids is 1.